The van der Waals surface area contributed by atoms with E-state index in [1.807, 2.05) is 33.8 Å². The van der Waals surface area contributed by atoms with Gasteiger partial charge in [-0.25, -0.2) is 8.42 Å². The zero-order valence-electron chi connectivity index (χ0n) is 15.6. The van der Waals surface area contributed by atoms with Crippen molar-refractivity contribution in [2.24, 2.45) is 0 Å². The van der Waals surface area contributed by atoms with Gasteiger partial charge >= 0.3 is 0 Å². The molecule has 1 unspecified atom stereocenters. The molecule has 0 aliphatic carbocycles. The summed E-state index contributed by atoms with van der Waals surface area (Å²) in [6, 6.07) is 6.59. The van der Waals surface area contributed by atoms with Gasteiger partial charge in [0.15, 0.2) is 9.84 Å². The van der Waals surface area contributed by atoms with Crippen LogP contribution >= 0.6 is 0 Å². The second-order valence-electron chi connectivity index (χ2n) is 6.26. The topological polar surface area (TPSA) is 75.3 Å². The monoisotopic (exact) mass is 364 g/mol. The zero-order chi connectivity index (χ0) is 19.0. The molecule has 0 aromatic heterocycles. The van der Waals surface area contributed by atoms with E-state index in [1.54, 1.807) is 24.3 Å². The maximum Gasteiger partial charge on any atom is 0.175 e. The maximum atomic E-state index is 11.8. The van der Waals surface area contributed by atoms with Crippen LogP contribution in [0.3, 0.4) is 0 Å². The number of rotatable bonds is 9. The molecule has 1 aromatic carbocycles. The van der Waals surface area contributed by atoms with Gasteiger partial charge in [-0.05, 0) is 45.4 Å². The SMILES string of the molecule is CCC/C=C(\C=O)C(NC(C)=C(C)C)Nc1cccc(S(C)(=O)=O)c1. The van der Waals surface area contributed by atoms with E-state index in [2.05, 4.69) is 10.6 Å². The summed E-state index contributed by atoms with van der Waals surface area (Å²) in [5.74, 6) is 0. The molecule has 138 valence electrons. The van der Waals surface area contributed by atoms with Crippen molar-refractivity contribution in [2.45, 2.75) is 51.6 Å². The molecule has 0 saturated carbocycles. The number of hydrogen-bond donors (Lipinski definition) is 2. The molecule has 0 bridgehead atoms. The fourth-order valence-corrected chi connectivity index (χ4v) is 2.76. The predicted molar refractivity (Wildman–Crippen MR) is 103 cm³/mol. The van der Waals surface area contributed by atoms with E-state index < -0.39 is 16.0 Å². The van der Waals surface area contributed by atoms with Gasteiger partial charge in [0.05, 0.1) is 4.90 Å². The van der Waals surface area contributed by atoms with Crippen LogP contribution in [-0.2, 0) is 14.6 Å². The highest BCUT2D eigenvalue weighted by atomic mass is 32.2. The van der Waals surface area contributed by atoms with Gasteiger partial charge < -0.3 is 10.6 Å². The van der Waals surface area contributed by atoms with Crippen molar-refractivity contribution in [1.82, 2.24) is 5.32 Å². The van der Waals surface area contributed by atoms with Crippen molar-refractivity contribution in [2.75, 3.05) is 11.6 Å². The Morgan fingerprint density at radius 2 is 1.92 bits per heavy atom. The standard InChI is InChI=1S/C19H28N2O3S/c1-6-7-9-16(13-22)19(20-15(4)14(2)3)21-17-10-8-11-18(12-17)25(5,23)24/h8-13,19-21H,6-7H2,1-5H3/b16-9+. The lowest BCUT2D eigenvalue weighted by molar-refractivity contribution is -0.105. The van der Waals surface area contributed by atoms with Crippen LogP contribution in [0, 0.1) is 0 Å². The summed E-state index contributed by atoms with van der Waals surface area (Å²) < 4.78 is 23.5. The predicted octanol–water partition coefficient (Wildman–Crippen LogP) is 3.66. The second-order valence-corrected chi connectivity index (χ2v) is 8.27. The fraction of sp³-hybridized carbons (Fsp3) is 0.421. The Morgan fingerprint density at radius 1 is 1.24 bits per heavy atom. The molecule has 0 fully saturated rings. The van der Waals surface area contributed by atoms with E-state index >= 15 is 0 Å². The van der Waals surface area contributed by atoms with Gasteiger partial charge in [-0.3, -0.25) is 4.79 Å². The molecule has 0 radical (unpaired) electrons. The number of nitrogens with one attached hydrogen (secondary N) is 2. The molecule has 0 aliphatic heterocycles. The number of anilines is 1. The first-order valence-corrected chi connectivity index (χ1v) is 10.2. The van der Waals surface area contributed by atoms with Crippen LogP contribution in [-0.4, -0.2) is 27.1 Å². The molecule has 0 spiro atoms. The molecule has 0 heterocycles. The Labute approximate surface area is 151 Å². The van der Waals surface area contributed by atoms with Crippen molar-refractivity contribution in [1.29, 1.82) is 0 Å². The van der Waals surface area contributed by atoms with Gasteiger partial charge in [0.1, 0.15) is 12.5 Å². The van der Waals surface area contributed by atoms with Crippen molar-refractivity contribution >= 4 is 21.8 Å². The Bertz CT molecular complexity index is 761. The van der Waals surface area contributed by atoms with Gasteiger partial charge in [-0.15, -0.1) is 0 Å². The quantitative estimate of drug-likeness (QED) is 0.397. The number of unbranched alkanes of at least 4 members (excludes halogenated alkanes) is 1. The van der Waals surface area contributed by atoms with E-state index in [0.717, 1.165) is 30.4 Å². The van der Waals surface area contributed by atoms with Crippen LogP contribution in [0.5, 0.6) is 0 Å². The summed E-state index contributed by atoms with van der Waals surface area (Å²) in [6.07, 6.45) is 5.21. The zero-order valence-corrected chi connectivity index (χ0v) is 16.4. The first-order valence-electron chi connectivity index (χ1n) is 8.31. The minimum absolute atomic E-state index is 0.236. The second kappa shape index (κ2) is 9.42. The van der Waals surface area contributed by atoms with Crippen molar-refractivity contribution in [3.05, 3.63) is 47.2 Å². The van der Waals surface area contributed by atoms with Crippen LogP contribution < -0.4 is 10.6 Å². The number of carbonyl (C=O) groups is 1. The number of benzene rings is 1. The number of hydrogen-bond acceptors (Lipinski definition) is 5. The van der Waals surface area contributed by atoms with Gasteiger partial charge in [0, 0.05) is 23.2 Å². The number of aldehydes is 1. The van der Waals surface area contributed by atoms with Crippen LogP contribution in [0.1, 0.15) is 40.5 Å². The van der Waals surface area contributed by atoms with Crippen molar-refractivity contribution in [3.63, 3.8) is 0 Å². The molecular formula is C19H28N2O3S. The van der Waals surface area contributed by atoms with E-state index in [9.17, 15) is 13.2 Å². The fourth-order valence-electron chi connectivity index (χ4n) is 2.09. The van der Waals surface area contributed by atoms with E-state index in [4.69, 9.17) is 0 Å². The van der Waals surface area contributed by atoms with Crippen LogP contribution in [0.4, 0.5) is 5.69 Å². The smallest absolute Gasteiger partial charge is 0.175 e. The molecule has 6 heteroatoms. The minimum Gasteiger partial charge on any atom is -0.365 e. The number of carbonyl (C=O) groups excluding carboxylic acids is 1. The molecule has 25 heavy (non-hydrogen) atoms. The van der Waals surface area contributed by atoms with E-state index in [-0.39, 0.29) is 4.90 Å². The molecule has 0 aliphatic rings. The van der Waals surface area contributed by atoms with Gasteiger partial charge in [-0.2, -0.15) is 0 Å². The summed E-state index contributed by atoms with van der Waals surface area (Å²) in [4.78, 5) is 11.8. The summed E-state index contributed by atoms with van der Waals surface area (Å²) in [7, 11) is -3.29. The average Bonchev–Trinajstić information content (AvgIpc) is 2.54. The molecule has 1 aromatic rings. The lowest BCUT2D eigenvalue weighted by atomic mass is 10.1. The normalized spacial score (nSPS) is 13.1. The highest BCUT2D eigenvalue weighted by Gasteiger charge is 2.15. The van der Waals surface area contributed by atoms with E-state index in [1.165, 1.54) is 6.26 Å². The molecule has 1 atom stereocenters. The summed E-state index contributed by atoms with van der Waals surface area (Å²) in [6.45, 7) is 7.96. The van der Waals surface area contributed by atoms with Crippen molar-refractivity contribution < 1.29 is 13.2 Å². The van der Waals surface area contributed by atoms with Crippen LogP contribution in [0.25, 0.3) is 0 Å². The first-order chi connectivity index (χ1) is 11.7. The molecule has 0 saturated heterocycles. The molecule has 1 rings (SSSR count). The molecular weight excluding hydrogens is 336 g/mol. The van der Waals surface area contributed by atoms with E-state index in [0.29, 0.717) is 11.3 Å². The summed E-state index contributed by atoms with van der Waals surface area (Å²) in [5.41, 5.74) is 3.29. The Kier molecular flexibility index (Phi) is 7.90. The Balaban J connectivity index is 3.20. The summed E-state index contributed by atoms with van der Waals surface area (Å²) in [5, 5.41) is 6.53. The van der Waals surface area contributed by atoms with Gasteiger partial charge in [0.25, 0.3) is 0 Å². The third kappa shape index (κ3) is 6.74. The van der Waals surface area contributed by atoms with Crippen LogP contribution in [0.15, 0.2) is 52.1 Å². The lowest BCUT2D eigenvalue weighted by Crippen LogP contribution is -2.38. The highest BCUT2D eigenvalue weighted by Crippen LogP contribution is 2.18. The number of allylic oxidation sites excluding steroid dienone is 3. The third-order valence-corrected chi connectivity index (χ3v) is 4.93. The van der Waals surface area contributed by atoms with Gasteiger partial charge in [0.2, 0.25) is 0 Å². The summed E-state index contributed by atoms with van der Waals surface area (Å²) >= 11 is 0. The molecule has 2 N–H and O–H groups in total. The molecule has 5 nitrogen and oxygen atoms in total. The largest absolute Gasteiger partial charge is 0.365 e. The minimum atomic E-state index is -3.29. The third-order valence-electron chi connectivity index (χ3n) is 3.82. The maximum absolute atomic E-state index is 11.8. The Morgan fingerprint density at radius 3 is 2.44 bits per heavy atom. The molecule has 0 amide bonds. The van der Waals surface area contributed by atoms with Gasteiger partial charge in [-0.1, -0.05) is 31.1 Å². The lowest BCUT2D eigenvalue weighted by Gasteiger charge is -2.24. The first kappa shape index (κ1) is 21.0. The number of sulfone groups is 1. The van der Waals surface area contributed by atoms with Crippen molar-refractivity contribution in [3.8, 4) is 0 Å². The Hall–Kier alpha value is -2.08. The average molecular weight is 365 g/mol. The van der Waals surface area contributed by atoms with Crippen LogP contribution in [0.2, 0.25) is 0 Å². The highest BCUT2D eigenvalue weighted by molar-refractivity contribution is 7.90.